The van der Waals surface area contributed by atoms with Crippen molar-refractivity contribution in [3.63, 3.8) is 0 Å². The molecule has 0 aliphatic carbocycles. The molecule has 0 amide bonds. The molecule has 112 heavy (non-hydrogen) atoms. The number of carbonyl (C=O) groups is 4. The number of rotatable bonds is 90. The molecular weight excluding hydrogens is 1450 g/mol. The Balaban J connectivity index is 5.25. The summed E-state index contributed by atoms with van der Waals surface area (Å²) >= 11 is 0. The monoisotopic (exact) mass is 1630 g/mol. The van der Waals surface area contributed by atoms with Gasteiger partial charge in [-0.3, -0.25) is 37.3 Å². The number of phosphoric ester groups is 2. The summed E-state index contributed by atoms with van der Waals surface area (Å²) in [5.74, 6) is 1.14. The van der Waals surface area contributed by atoms with E-state index in [1.54, 1.807) is 0 Å². The normalized spacial score (nSPS) is 14.1. The molecule has 0 saturated heterocycles. The van der Waals surface area contributed by atoms with Crippen LogP contribution in [0.2, 0.25) is 0 Å². The van der Waals surface area contributed by atoms with Gasteiger partial charge in [0.25, 0.3) is 0 Å². The van der Waals surface area contributed by atoms with Crippen LogP contribution in [0.1, 0.15) is 492 Å². The third-order valence-electron chi connectivity index (χ3n) is 22.2. The Hall–Kier alpha value is -1.94. The van der Waals surface area contributed by atoms with E-state index in [2.05, 4.69) is 55.4 Å². The SMILES string of the molecule is CCC(C)CCCCCCCCCCCCCCCCCCCCC(=O)O[C@H](COC(=O)CCCCCCCCCCCCCCCCCCC(C)C)COP(=O)(O)OC[C@@H](O)COP(=O)(O)OC[C@@H](COC(=O)CCCCCCCCCCCC(C)C)OC(=O)CCCCCCCCCCCCCCCCCCC(C)C. The van der Waals surface area contributed by atoms with Crippen molar-refractivity contribution in [2.75, 3.05) is 39.6 Å². The Morgan fingerprint density at radius 3 is 0.634 bits per heavy atom. The summed E-state index contributed by atoms with van der Waals surface area (Å²) in [6, 6.07) is 0. The van der Waals surface area contributed by atoms with Crippen LogP contribution < -0.4 is 0 Å². The molecule has 0 aliphatic rings. The van der Waals surface area contributed by atoms with Crippen molar-refractivity contribution in [3.05, 3.63) is 0 Å². The van der Waals surface area contributed by atoms with E-state index in [4.69, 9.17) is 37.0 Å². The van der Waals surface area contributed by atoms with Crippen LogP contribution in [-0.2, 0) is 65.4 Å². The van der Waals surface area contributed by atoms with E-state index < -0.39 is 97.5 Å². The van der Waals surface area contributed by atoms with E-state index in [1.165, 1.54) is 295 Å². The Morgan fingerprint density at radius 1 is 0.250 bits per heavy atom. The van der Waals surface area contributed by atoms with E-state index >= 15 is 0 Å². The Morgan fingerprint density at radius 2 is 0.429 bits per heavy atom. The van der Waals surface area contributed by atoms with Gasteiger partial charge >= 0.3 is 39.5 Å². The highest BCUT2D eigenvalue weighted by Crippen LogP contribution is 2.45. The summed E-state index contributed by atoms with van der Waals surface area (Å²) in [6.07, 6.45) is 73.6. The number of hydrogen-bond donors (Lipinski definition) is 3. The van der Waals surface area contributed by atoms with Crippen molar-refractivity contribution >= 4 is 39.5 Å². The first kappa shape index (κ1) is 110. The van der Waals surface area contributed by atoms with Gasteiger partial charge in [-0.05, 0) is 49.4 Å². The molecule has 3 unspecified atom stereocenters. The lowest BCUT2D eigenvalue weighted by atomic mass is 9.99. The maximum Gasteiger partial charge on any atom is 0.472 e. The van der Waals surface area contributed by atoms with Gasteiger partial charge in [-0.15, -0.1) is 0 Å². The second-order valence-corrected chi connectivity index (χ2v) is 38.0. The van der Waals surface area contributed by atoms with Crippen molar-refractivity contribution in [2.45, 2.75) is 510 Å². The molecule has 0 aromatic carbocycles. The molecule has 19 heteroatoms. The van der Waals surface area contributed by atoms with Crippen LogP contribution in [-0.4, -0.2) is 96.7 Å². The first-order chi connectivity index (χ1) is 54.1. The van der Waals surface area contributed by atoms with Crippen LogP contribution in [0.25, 0.3) is 0 Å². The second kappa shape index (κ2) is 81.4. The first-order valence-electron chi connectivity index (χ1n) is 47.7. The van der Waals surface area contributed by atoms with Crippen LogP contribution in [0.15, 0.2) is 0 Å². The second-order valence-electron chi connectivity index (χ2n) is 35.1. The van der Waals surface area contributed by atoms with Crippen LogP contribution in [0.4, 0.5) is 0 Å². The molecular formula is C93H182O17P2. The lowest BCUT2D eigenvalue weighted by molar-refractivity contribution is -0.161. The topological polar surface area (TPSA) is 237 Å². The van der Waals surface area contributed by atoms with Crippen molar-refractivity contribution < 1.29 is 80.2 Å². The number of carbonyl (C=O) groups excluding carboxylic acids is 4. The zero-order valence-electron chi connectivity index (χ0n) is 74.3. The van der Waals surface area contributed by atoms with Crippen LogP contribution in [0.3, 0.4) is 0 Å². The highest BCUT2D eigenvalue weighted by molar-refractivity contribution is 7.47. The van der Waals surface area contributed by atoms with Crippen molar-refractivity contribution in [1.29, 1.82) is 0 Å². The number of aliphatic hydroxyl groups excluding tert-OH is 1. The van der Waals surface area contributed by atoms with Gasteiger partial charge in [0.05, 0.1) is 26.4 Å². The maximum atomic E-state index is 13.2. The van der Waals surface area contributed by atoms with Gasteiger partial charge in [-0.1, -0.05) is 441 Å². The van der Waals surface area contributed by atoms with Gasteiger partial charge in [0.1, 0.15) is 19.3 Å². The molecule has 0 radical (unpaired) electrons. The Labute approximate surface area is 689 Å². The number of hydrogen-bond acceptors (Lipinski definition) is 15. The van der Waals surface area contributed by atoms with Crippen LogP contribution in [0, 0.1) is 23.7 Å². The molecule has 0 bridgehead atoms. The molecule has 3 N–H and O–H groups in total. The molecule has 0 aromatic heterocycles. The number of phosphoric acid groups is 2. The smallest absolute Gasteiger partial charge is 0.462 e. The number of ether oxygens (including phenoxy) is 4. The predicted octanol–water partition coefficient (Wildman–Crippen LogP) is 28.7. The zero-order valence-corrected chi connectivity index (χ0v) is 76.1. The molecule has 0 spiro atoms. The molecule has 17 nitrogen and oxygen atoms in total. The number of unbranched alkanes of at least 4 members (excludes halogenated alkanes) is 55. The average molecular weight is 1630 g/mol. The third kappa shape index (κ3) is 84.5. The molecule has 0 fully saturated rings. The fraction of sp³-hybridized carbons (Fsp3) is 0.957. The van der Waals surface area contributed by atoms with Gasteiger partial charge in [0.15, 0.2) is 12.2 Å². The lowest BCUT2D eigenvalue weighted by Crippen LogP contribution is -2.30. The predicted molar refractivity (Wildman–Crippen MR) is 464 cm³/mol. The summed E-state index contributed by atoms with van der Waals surface area (Å²) in [7, 11) is -9.94. The van der Waals surface area contributed by atoms with Crippen molar-refractivity contribution in [3.8, 4) is 0 Å². The molecule has 0 aliphatic heterocycles. The minimum absolute atomic E-state index is 0.108. The third-order valence-corrected chi connectivity index (χ3v) is 24.1. The number of aliphatic hydroxyl groups is 1. The average Bonchev–Trinajstić information content (AvgIpc) is 0.898. The number of esters is 4. The van der Waals surface area contributed by atoms with E-state index in [9.17, 15) is 43.2 Å². The Bertz CT molecular complexity index is 2170. The largest absolute Gasteiger partial charge is 0.472 e. The van der Waals surface area contributed by atoms with Crippen molar-refractivity contribution in [2.24, 2.45) is 23.7 Å². The van der Waals surface area contributed by atoms with E-state index in [0.29, 0.717) is 25.7 Å². The minimum atomic E-state index is -4.97. The van der Waals surface area contributed by atoms with Crippen molar-refractivity contribution in [1.82, 2.24) is 0 Å². The highest BCUT2D eigenvalue weighted by atomic mass is 31.2. The van der Waals surface area contributed by atoms with Gasteiger partial charge in [-0.25, -0.2) is 9.13 Å². The van der Waals surface area contributed by atoms with Gasteiger partial charge in [0, 0.05) is 25.7 Å². The lowest BCUT2D eigenvalue weighted by Gasteiger charge is -2.21. The molecule has 6 atom stereocenters. The first-order valence-corrected chi connectivity index (χ1v) is 50.7. The minimum Gasteiger partial charge on any atom is -0.462 e. The van der Waals surface area contributed by atoms with E-state index in [0.717, 1.165) is 114 Å². The van der Waals surface area contributed by atoms with Gasteiger partial charge < -0.3 is 33.8 Å². The molecule has 0 heterocycles. The van der Waals surface area contributed by atoms with Gasteiger partial charge in [0.2, 0.25) is 0 Å². The fourth-order valence-corrected chi connectivity index (χ4v) is 16.1. The van der Waals surface area contributed by atoms with Gasteiger partial charge in [-0.2, -0.15) is 0 Å². The van der Waals surface area contributed by atoms with E-state index in [-0.39, 0.29) is 25.7 Å². The molecule has 666 valence electrons. The Kier molecular flexibility index (Phi) is 80.0. The summed E-state index contributed by atoms with van der Waals surface area (Å²) < 4.78 is 69.1. The standard InChI is InChI=1S/C93H182O17P2/c1-9-86(8)72-64-56-48-40-32-26-20-12-10-11-13-22-28-34-42-51-59-67-75-92(97)109-88(79-103-90(95)73-65-57-49-41-33-27-21-16-14-18-24-30-37-45-53-61-69-83(2)3)81-107-111(99,100)105-77-87(94)78-106-112(101,102)108-82-89(80-104-91(96)74-66-58-50-44-36-39-47-55-63-71-85(6)7)110-93(98)76-68-60-52-43-35-29-23-17-15-19-25-31-38-46-54-62-70-84(4)5/h83-89,94H,9-82H2,1-8H3,(H,99,100)(H,101,102)/t86?,87-,88-,89-/m1/s1. The zero-order chi connectivity index (χ0) is 82.3. The van der Waals surface area contributed by atoms with Crippen LogP contribution in [0.5, 0.6) is 0 Å². The quantitative estimate of drug-likeness (QED) is 0.0222. The molecule has 0 rings (SSSR count). The summed E-state index contributed by atoms with van der Waals surface area (Å²) in [6.45, 7) is 14.4. The molecule has 0 aromatic rings. The highest BCUT2D eigenvalue weighted by Gasteiger charge is 2.31. The fourth-order valence-electron chi connectivity index (χ4n) is 14.5. The summed E-state index contributed by atoms with van der Waals surface area (Å²) in [5, 5.41) is 10.7. The van der Waals surface area contributed by atoms with Crippen LogP contribution >= 0.6 is 15.6 Å². The maximum absolute atomic E-state index is 13.2. The summed E-state index contributed by atoms with van der Waals surface area (Å²) in [5.41, 5.74) is 0. The molecule has 0 saturated carbocycles. The summed E-state index contributed by atoms with van der Waals surface area (Å²) in [4.78, 5) is 73.5. The van der Waals surface area contributed by atoms with E-state index in [1.807, 2.05) is 0 Å².